The largest absolute Gasteiger partial charge is 0.484 e. The lowest BCUT2D eigenvalue weighted by atomic mass is 9.49. The summed E-state index contributed by atoms with van der Waals surface area (Å²) in [6, 6.07) is 7.63. The first-order chi connectivity index (χ1) is 11.0. The van der Waals surface area contributed by atoms with Gasteiger partial charge in [0.25, 0.3) is 5.91 Å². The third kappa shape index (κ3) is 3.31. The van der Waals surface area contributed by atoms with E-state index in [1.165, 1.54) is 12.0 Å². The zero-order valence-electron chi connectivity index (χ0n) is 14.0. The van der Waals surface area contributed by atoms with Crippen LogP contribution in [0.3, 0.4) is 0 Å². The van der Waals surface area contributed by atoms with Crippen molar-refractivity contribution in [3.63, 3.8) is 0 Å². The van der Waals surface area contributed by atoms with Crippen LogP contribution in [0.4, 0.5) is 0 Å². The Morgan fingerprint density at radius 3 is 3.00 bits per heavy atom. The molecule has 1 fully saturated rings. The fraction of sp³-hybridized carbons (Fsp3) is 0.474. The van der Waals surface area contributed by atoms with Crippen molar-refractivity contribution in [1.29, 1.82) is 0 Å². The minimum Gasteiger partial charge on any atom is -0.484 e. The lowest BCUT2D eigenvalue weighted by Gasteiger charge is -2.55. The number of ether oxygens (including phenoxy) is 1. The highest BCUT2D eigenvalue weighted by Crippen LogP contribution is 2.58. The maximum Gasteiger partial charge on any atom is 0.277 e. The standard InChI is InChI=1S/C19H24N2O2/c1-13-5-4-6-16(9-13)23-12-18(22)21-20-11-14-7-8-15-10-17(14)19(15,2)3/h4-7,9,11,15,17H,8,10,12H2,1-3H3,(H,21,22)/b20-11-/t15-,17-/m0/s1. The quantitative estimate of drug-likeness (QED) is 0.668. The number of amides is 1. The monoisotopic (exact) mass is 312 g/mol. The molecule has 0 aromatic heterocycles. The number of carbonyl (C=O) groups is 1. The van der Waals surface area contributed by atoms with Gasteiger partial charge < -0.3 is 4.74 Å². The zero-order chi connectivity index (χ0) is 16.4. The van der Waals surface area contributed by atoms with Crippen molar-refractivity contribution in [1.82, 2.24) is 5.43 Å². The number of allylic oxidation sites excluding steroid dienone is 2. The van der Waals surface area contributed by atoms with E-state index in [9.17, 15) is 4.79 Å². The minimum absolute atomic E-state index is 0.0309. The lowest BCUT2D eigenvalue weighted by Crippen LogP contribution is -2.48. The SMILES string of the molecule is Cc1cccc(OCC(=O)N/N=C\C2=CC[C@H]3C[C@@H]2C3(C)C)c1. The van der Waals surface area contributed by atoms with Gasteiger partial charge in [0.1, 0.15) is 5.75 Å². The van der Waals surface area contributed by atoms with Crippen molar-refractivity contribution in [3.8, 4) is 5.75 Å². The number of benzene rings is 1. The highest BCUT2D eigenvalue weighted by molar-refractivity contribution is 5.83. The van der Waals surface area contributed by atoms with Crippen LogP contribution in [0.25, 0.3) is 0 Å². The van der Waals surface area contributed by atoms with Gasteiger partial charge in [-0.25, -0.2) is 5.43 Å². The second kappa shape index (κ2) is 6.19. The molecule has 3 aliphatic carbocycles. The van der Waals surface area contributed by atoms with Gasteiger partial charge in [-0.1, -0.05) is 32.1 Å². The second-order valence-corrected chi connectivity index (χ2v) is 7.14. The van der Waals surface area contributed by atoms with Gasteiger partial charge >= 0.3 is 0 Å². The number of carbonyl (C=O) groups excluding carboxylic acids is 1. The summed E-state index contributed by atoms with van der Waals surface area (Å²) in [6.45, 7) is 6.60. The predicted molar refractivity (Wildman–Crippen MR) is 91.4 cm³/mol. The molecule has 0 aliphatic heterocycles. The Labute approximate surface area is 137 Å². The summed E-state index contributed by atoms with van der Waals surface area (Å²) in [5.74, 6) is 1.83. The lowest BCUT2D eigenvalue weighted by molar-refractivity contribution is -0.123. The van der Waals surface area contributed by atoms with Crippen LogP contribution < -0.4 is 10.2 Å². The van der Waals surface area contributed by atoms with E-state index in [0.29, 0.717) is 17.1 Å². The molecule has 4 heteroatoms. The van der Waals surface area contributed by atoms with Crippen LogP contribution in [0, 0.1) is 24.2 Å². The molecule has 4 nitrogen and oxygen atoms in total. The fourth-order valence-corrected chi connectivity index (χ4v) is 3.61. The molecule has 3 aliphatic rings. The molecule has 23 heavy (non-hydrogen) atoms. The Balaban J connectivity index is 1.47. The predicted octanol–water partition coefficient (Wildman–Crippen LogP) is 3.47. The summed E-state index contributed by atoms with van der Waals surface area (Å²) in [5, 5.41) is 4.09. The summed E-state index contributed by atoms with van der Waals surface area (Å²) >= 11 is 0. The Morgan fingerprint density at radius 2 is 2.30 bits per heavy atom. The molecule has 1 aromatic rings. The van der Waals surface area contributed by atoms with Crippen molar-refractivity contribution in [3.05, 3.63) is 41.5 Å². The molecule has 4 rings (SSSR count). The molecule has 0 saturated heterocycles. The summed E-state index contributed by atoms with van der Waals surface area (Å²) in [6.07, 6.45) is 6.42. The molecule has 0 radical (unpaired) electrons. The Bertz CT molecular complexity index is 661. The van der Waals surface area contributed by atoms with Gasteiger partial charge in [-0.3, -0.25) is 4.79 Å². The highest BCUT2D eigenvalue weighted by Gasteiger charge is 2.50. The normalized spacial score (nSPS) is 24.7. The number of nitrogens with one attached hydrogen (secondary N) is 1. The number of rotatable bonds is 5. The van der Waals surface area contributed by atoms with Crippen LogP contribution in [0.2, 0.25) is 0 Å². The van der Waals surface area contributed by atoms with Crippen LogP contribution in [0.1, 0.15) is 32.3 Å². The molecule has 1 aromatic carbocycles. The van der Waals surface area contributed by atoms with Gasteiger partial charge in [0.2, 0.25) is 0 Å². The third-order valence-electron chi connectivity index (χ3n) is 5.27. The molecule has 0 spiro atoms. The third-order valence-corrected chi connectivity index (χ3v) is 5.27. The average molecular weight is 312 g/mol. The van der Waals surface area contributed by atoms with E-state index in [4.69, 9.17) is 4.74 Å². The van der Waals surface area contributed by atoms with Crippen LogP contribution >= 0.6 is 0 Å². The first-order valence-electron chi connectivity index (χ1n) is 8.18. The summed E-state index contributed by atoms with van der Waals surface area (Å²) in [4.78, 5) is 11.8. The molecule has 2 bridgehead atoms. The molecule has 1 N–H and O–H groups in total. The maximum absolute atomic E-state index is 11.8. The van der Waals surface area contributed by atoms with Crippen molar-refractivity contribution < 1.29 is 9.53 Å². The summed E-state index contributed by atoms with van der Waals surface area (Å²) in [7, 11) is 0. The fourth-order valence-electron chi connectivity index (χ4n) is 3.61. The van der Waals surface area contributed by atoms with E-state index in [2.05, 4.69) is 30.5 Å². The highest BCUT2D eigenvalue weighted by atomic mass is 16.5. The topological polar surface area (TPSA) is 50.7 Å². The first-order valence-corrected chi connectivity index (χ1v) is 8.18. The van der Waals surface area contributed by atoms with E-state index >= 15 is 0 Å². The van der Waals surface area contributed by atoms with Gasteiger partial charge in [-0.15, -0.1) is 0 Å². The first kappa shape index (κ1) is 15.8. The molecular formula is C19H24N2O2. The van der Waals surface area contributed by atoms with Gasteiger partial charge in [-0.2, -0.15) is 5.10 Å². The molecular weight excluding hydrogens is 288 g/mol. The molecule has 1 amide bonds. The number of aryl methyl sites for hydroxylation is 1. The van der Waals surface area contributed by atoms with Crippen LogP contribution in [0.15, 0.2) is 41.0 Å². The number of fused-ring (bicyclic) bond motifs is 1. The maximum atomic E-state index is 11.8. The van der Waals surface area contributed by atoms with Crippen LogP contribution in [0.5, 0.6) is 5.75 Å². The zero-order valence-corrected chi connectivity index (χ0v) is 14.0. The van der Waals surface area contributed by atoms with Gasteiger partial charge in [0.05, 0.1) is 6.21 Å². The van der Waals surface area contributed by atoms with E-state index in [1.807, 2.05) is 31.2 Å². The number of hydrogen-bond donors (Lipinski definition) is 1. The van der Waals surface area contributed by atoms with Crippen molar-refractivity contribution in [2.24, 2.45) is 22.4 Å². The number of hydrazone groups is 1. The molecule has 0 heterocycles. The molecule has 1 saturated carbocycles. The van der Waals surface area contributed by atoms with Gasteiger partial charge in [0, 0.05) is 0 Å². The average Bonchev–Trinajstić information content (AvgIpc) is 2.53. The summed E-state index contributed by atoms with van der Waals surface area (Å²) < 4.78 is 5.45. The van der Waals surface area contributed by atoms with Crippen LogP contribution in [-0.2, 0) is 4.79 Å². The Kier molecular flexibility index (Phi) is 4.24. The smallest absolute Gasteiger partial charge is 0.277 e. The second-order valence-electron chi connectivity index (χ2n) is 7.14. The van der Waals surface area contributed by atoms with Crippen molar-refractivity contribution in [2.75, 3.05) is 6.61 Å². The summed E-state index contributed by atoms with van der Waals surface area (Å²) in [5.41, 5.74) is 5.27. The number of hydrogen-bond acceptors (Lipinski definition) is 3. The van der Waals surface area contributed by atoms with Crippen LogP contribution in [-0.4, -0.2) is 18.7 Å². The minimum atomic E-state index is -0.245. The molecule has 2 atom stereocenters. The Hall–Kier alpha value is -2.10. The van der Waals surface area contributed by atoms with E-state index in [0.717, 1.165) is 17.9 Å². The van der Waals surface area contributed by atoms with Crippen molar-refractivity contribution >= 4 is 12.1 Å². The van der Waals surface area contributed by atoms with Gasteiger partial charge in [0.15, 0.2) is 6.61 Å². The van der Waals surface area contributed by atoms with E-state index in [1.54, 1.807) is 6.21 Å². The van der Waals surface area contributed by atoms with E-state index in [-0.39, 0.29) is 12.5 Å². The van der Waals surface area contributed by atoms with E-state index < -0.39 is 0 Å². The molecule has 122 valence electrons. The Morgan fingerprint density at radius 1 is 1.48 bits per heavy atom. The van der Waals surface area contributed by atoms with Gasteiger partial charge in [-0.05, 0) is 60.3 Å². The molecule has 0 unspecified atom stereocenters. The number of nitrogens with zero attached hydrogens (tertiary/aromatic N) is 1. The van der Waals surface area contributed by atoms with Crippen molar-refractivity contribution in [2.45, 2.75) is 33.6 Å².